The van der Waals surface area contributed by atoms with Crippen molar-refractivity contribution in [3.05, 3.63) is 15.6 Å². The fourth-order valence-corrected chi connectivity index (χ4v) is 2.46. The zero-order chi connectivity index (χ0) is 11.3. The summed E-state index contributed by atoms with van der Waals surface area (Å²) in [6.07, 6.45) is 2.03. The van der Waals surface area contributed by atoms with Gasteiger partial charge in [-0.25, -0.2) is 4.98 Å². The second-order valence-electron chi connectivity index (χ2n) is 3.72. The quantitative estimate of drug-likeness (QED) is 0.808. The fourth-order valence-electron chi connectivity index (χ4n) is 1.45. The zero-order valence-corrected chi connectivity index (χ0v) is 10.8. The molecule has 0 aliphatic rings. The molecule has 1 atom stereocenters. The molecule has 0 aromatic carbocycles. The second kappa shape index (κ2) is 6.20. The molecule has 1 N–H and O–H groups in total. The first-order chi connectivity index (χ1) is 7.17. The van der Waals surface area contributed by atoms with Crippen LogP contribution in [0.1, 0.15) is 22.0 Å². The van der Waals surface area contributed by atoms with Crippen LogP contribution in [-0.2, 0) is 11.2 Å². The molecule has 0 aliphatic heterocycles. The number of aryl methyl sites for hydroxylation is 2. The molecule has 1 aromatic heterocycles. The van der Waals surface area contributed by atoms with Crippen molar-refractivity contribution in [3.8, 4) is 0 Å². The van der Waals surface area contributed by atoms with Crippen molar-refractivity contribution < 1.29 is 4.74 Å². The summed E-state index contributed by atoms with van der Waals surface area (Å²) in [5.41, 5.74) is 1.16. The molecule has 0 bridgehead atoms. The number of methoxy groups -OCH3 is 1. The topological polar surface area (TPSA) is 34.1 Å². The van der Waals surface area contributed by atoms with E-state index in [1.54, 1.807) is 18.4 Å². The van der Waals surface area contributed by atoms with E-state index in [2.05, 4.69) is 24.1 Å². The number of thiazole rings is 1. The van der Waals surface area contributed by atoms with Gasteiger partial charge in [-0.15, -0.1) is 11.3 Å². The Morgan fingerprint density at radius 3 is 2.67 bits per heavy atom. The summed E-state index contributed by atoms with van der Waals surface area (Å²) in [6, 6.07) is 0.468. The van der Waals surface area contributed by atoms with Crippen molar-refractivity contribution in [2.75, 3.05) is 20.8 Å². The monoisotopic (exact) mass is 228 g/mol. The van der Waals surface area contributed by atoms with Crippen LogP contribution in [0, 0.1) is 13.8 Å². The van der Waals surface area contributed by atoms with E-state index in [4.69, 9.17) is 4.74 Å². The Balaban J connectivity index is 2.50. The molecule has 0 radical (unpaired) electrons. The van der Waals surface area contributed by atoms with Gasteiger partial charge in [0.25, 0.3) is 0 Å². The van der Waals surface area contributed by atoms with Crippen LogP contribution in [0.25, 0.3) is 0 Å². The lowest BCUT2D eigenvalue weighted by Gasteiger charge is -2.13. The first-order valence-corrected chi connectivity index (χ1v) is 6.08. The van der Waals surface area contributed by atoms with Gasteiger partial charge in [0, 0.05) is 31.1 Å². The maximum atomic E-state index is 5.08. The summed E-state index contributed by atoms with van der Waals surface area (Å²) in [5.74, 6) is 0. The summed E-state index contributed by atoms with van der Waals surface area (Å²) in [7, 11) is 3.73. The minimum atomic E-state index is 0.468. The van der Waals surface area contributed by atoms with Crippen LogP contribution in [0.2, 0.25) is 0 Å². The Kier molecular flexibility index (Phi) is 5.22. The third-order valence-corrected chi connectivity index (χ3v) is 3.67. The Labute approximate surface area is 95.9 Å². The number of aromatic nitrogens is 1. The Bertz CT molecular complexity index is 279. The molecule has 0 aliphatic carbocycles. The molecule has 1 heterocycles. The van der Waals surface area contributed by atoms with E-state index in [-0.39, 0.29) is 0 Å². The molecular weight excluding hydrogens is 208 g/mol. The minimum Gasteiger partial charge on any atom is -0.385 e. The molecule has 0 saturated heterocycles. The van der Waals surface area contributed by atoms with Crippen LogP contribution >= 0.6 is 11.3 Å². The molecule has 1 aromatic rings. The number of hydrogen-bond donors (Lipinski definition) is 1. The number of nitrogens with zero attached hydrogens (tertiary/aromatic N) is 1. The van der Waals surface area contributed by atoms with Gasteiger partial charge in [0.05, 0.1) is 10.7 Å². The van der Waals surface area contributed by atoms with Gasteiger partial charge in [-0.1, -0.05) is 0 Å². The normalized spacial score (nSPS) is 13.1. The summed E-state index contributed by atoms with van der Waals surface area (Å²) < 4.78 is 5.08. The van der Waals surface area contributed by atoms with Gasteiger partial charge in [0.1, 0.15) is 0 Å². The molecule has 0 fully saturated rings. The van der Waals surface area contributed by atoms with Crippen molar-refractivity contribution in [1.82, 2.24) is 10.3 Å². The third kappa shape index (κ3) is 3.89. The molecule has 0 saturated carbocycles. The maximum absolute atomic E-state index is 5.08. The maximum Gasteiger partial charge on any atom is 0.0946 e. The highest BCUT2D eigenvalue weighted by molar-refractivity contribution is 7.11. The molecule has 1 unspecified atom stereocenters. The van der Waals surface area contributed by atoms with Crippen LogP contribution < -0.4 is 5.32 Å². The van der Waals surface area contributed by atoms with E-state index >= 15 is 0 Å². The van der Waals surface area contributed by atoms with E-state index in [1.807, 2.05) is 7.05 Å². The summed E-state index contributed by atoms with van der Waals surface area (Å²) >= 11 is 1.80. The first kappa shape index (κ1) is 12.6. The lowest BCUT2D eigenvalue weighted by Crippen LogP contribution is -2.28. The van der Waals surface area contributed by atoms with Crippen molar-refractivity contribution >= 4 is 11.3 Å². The average molecular weight is 228 g/mol. The largest absolute Gasteiger partial charge is 0.385 e. The van der Waals surface area contributed by atoms with Crippen LogP contribution in [0.4, 0.5) is 0 Å². The average Bonchev–Trinajstić information content (AvgIpc) is 2.53. The highest BCUT2D eigenvalue weighted by Gasteiger charge is 2.10. The van der Waals surface area contributed by atoms with Gasteiger partial charge >= 0.3 is 0 Å². The second-order valence-corrected chi connectivity index (χ2v) is 5.01. The Morgan fingerprint density at radius 2 is 2.20 bits per heavy atom. The van der Waals surface area contributed by atoms with Gasteiger partial charge in [-0.05, 0) is 27.3 Å². The smallest absolute Gasteiger partial charge is 0.0946 e. The van der Waals surface area contributed by atoms with Crippen LogP contribution in [0.3, 0.4) is 0 Å². The highest BCUT2D eigenvalue weighted by atomic mass is 32.1. The zero-order valence-electron chi connectivity index (χ0n) is 9.96. The molecule has 4 heteroatoms. The first-order valence-electron chi connectivity index (χ1n) is 5.26. The number of rotatable bonds is 6. The Morgan fingerprint density at radius 1 is 1.47 bits per heavy atom. The predicted molar refractivity (Wildman–Crippen MR) is 64.6 cm³/mol. The van der Waals surface area contributed by atoms with Crippen molar-refractivity contribution in [2.45, 2.75) is 32.7 Å². The van der Waals surface area contributed by atoms with E-state index in [9.17, 15) is 0 Å². The van der Waals surface area contributed by atoms with Crippen LogP contribution in [0.15, 0.2) is 0 Å². The predicted octanol–water partition coefficient (Wildman–Crippen LogP) is 1.93. The van der Waals surface area contributed by atoms with E-state index < -0.39 is 0 Å². The van der Waals surface area contributed by atoms with E-state index in [1.165, 1.54) is 9.88 Å². The van der Waals surface area contributed by atoms with Crippen LogP contribution in [-0.4, -0.2) is 31.8 Å². The molecule has 1 rings (SSSR count). The van der Waals surface area contributed by atoms with Crippen molar-refractivity contribution in [2.24, 2.45) is 0 Å². The van der Waals surface area contributed by atoms with E-state index in [0.29, 0.717) is 6.04 Å². The molecule has 0 amide bonds. The van der Waals surface area contributed by atoms with Gasteiger partial charge in [0.15, 0.2) is 0 Å². The Hall–Kier alpha value is -0.450. The number of nitrogens with one attached hydrogen (secondary N) is 1. The van der Waals surface area contributed by atoms with Gasteiger partial charge in [-0.2, -0.15) is 0 Å². The lowest BCUT2D eigenvalue weighted by atomic mass is 10.1. The molecule has 86 valence electrons. The fraction of sp³-hybridized carbons (Fsp3) is 0.727. The van der Waals surface area contributed by atoms with Gasteiger partial charge in [0.2, 0.25) is 0 Å². The standard InChI is InChI=1S/C11H20N2OS/c1-8-9(2)15-11(13-8)7-10(12-3)5-6-14-4/h10,12H,5-7H2,1-4H3. The summed E-state index contributed by atoms with van der Waals surface area (Å²) in [5, 5.41) is 4.52. The lowest BCUT2D eigenvalue weighted by molar-refractivity contribution is 0.184. The SMILES string of the molecule is CNC(CCOC)Cc1nc(C)c(C)s1. The minimum absolute atomic E-state index is 0.468. The molecule has 3 nitrogen and oxygen atoms in total. The van der Waals surface area contributed by atoms with E-state index in [0.717, 1.165) is 25.1 Å². The summed E-state index contributed by atoms with van der Waals surface area (Å²) in [6.45, 7) is 4.99. The molecule has 15 heavy (non-hydrogen) atoms. The molecular formula is C11H20N2OS. The highest BCUT2D eigenvalue weighted by Crippen LogP contribution is 2.18. The molecule has 0 spiro atoms. The number of hydrogen-bond acceptors (Lipinski definition) is 4. The third-order valence-electron chi connectivity index (χ3n) is 2.57. The summed E-state index contributed by atoms with van der Waals surface area (Å²) in [4.78, 5) is 5.87. The van der Waals surface area contributed by atoms with Gasteiger partial charge in [-0.3, -0.25) is 0 Å². The number of likely N-dealkylation sites (N-methyl/N-ethyl adjacent to an activating group) is 1. The van der Waals surface area contributed by atoms with Gasteiger partial charge < -0.3 is 10.1 Å². The number of ether oxygens (including phenoxy) is 1. The van der Waals surface area contributed by atoms with Crippen LogP contribution in [0.5, 0.6) is 0 Å². The van der Waals surface area contributed by atoms with Crippen molar-refractivity contribution in [1.29, 1.82) is 0 Å². The van der Waals surface area contributed by atoms with Crippen molar-refractivity contribution in [3.63, 3.8) is 0 Å².